The molecule has 3 heteroatoms. The summed E-state index contributed by atoms with van der Waals surface area (Å²) in [6.07, 6.45) is 11.0. The molecule has 2 rings (SSSR count). The second-order valence-corrected chi connectivity index (χ2v) is 15.9. The summed E-state index contributed by atoms with van der Waals surface area (Å²) in [5.74, 6) is 1.66. The molecular formula is C26H48O2Si. The lowest BCUT2D eigenvalue weighted by Gasteiger charge is -2.48. The highest BCUT2D eigenvalue weighted by molar-refractivity contribution is 6.73. The number of hydrogen-bond acceptors (Lipinski definition) is 2. The Morgan fingerprint density at radius 1 is 1.24 bits per heavy atom. The lowest BCUT2D eigenvalue weighted by molar-refractivity contribution is -0.126. The fraction of sp³-hybridized carbons (Fsp3) is 0.885. The van der Waals surface area contributed by atoms with Crippen molar-refractivity contribution in [1.29, 1.82) is 0 Å². The number of rotatable bonds is 10. The Labute approximate surface area is 182 Å². The molecule has 0 spiro atoms. The normalized spacial score (nSPS) is 28.8. The zero-order valence-corrected chi connectivity index (χ0v) is 21.7. The summed E-state index contributed by atoms with van der Waals surface area (Å²) < 4.78 is 7.04. The van der Waals surface area contributed by atoms with Gasteiger partial charge in [-0.25, -0.2) is 0 Å². The summed E-state index contributed by atoms with van der Waals surface area (Å²) in [4.78, 5) is 12.3. The van der Waals surface area contributed by atoms with Crippen molar-refractivity contribution in [2.75, 3.05) is 0 Å². The van der Waals surface area contributed by atoms with Crippen LogP contribution in [0, 0.1) is 22.7 Å². The van der Waals surface area contributed by atoms with Crippen LogP contribution in [-0.4, -0.2) is 20.2 Å². The fourth-order valence-electron chi connectivity index (χ4n) is 6.05. The summed E-state index contributed by atoms with van der Waals surface area (Å²) >= 11 is 0. The van der Waals surface area contributed by atoms with Gasteiger partial charge in [0.25, 0.3) is 0 Å². The van der Waals surface area contributed by atoms with Crippen LogP contribution in [0.2, 0.25) is 18.1 Å². The van der Waals surface area contributed by atoms with E-state index in [0.29, 0.717) is 29.1 Å². The van der Waals surface area contributed by atoms with Gasteiger partial charge in [-0.2, -0.15) is 0 Å². The zero-order valence-electron chi connectivity index (χ0n) is 20.7. The van der Waals surface area contributed by atoms with Crippen molar-refractivity contribution in [3.05, 3.63) is 11.6 Å². The molecule has 0 radical (unpaired) electrons. The summed E-state index contributed by atoms with van der Waals surface area (Å²) in [5, 5.41) is 0. The van der Waals surface area contributed by atoms with E-state index < -0.39 is 8.32 Å². The Kier molecular flexibility index (Phi) is 8.41. The summed E-state index contributed by atoms with van der Waals surface area (Å²) in [6, 6.07) is 3.75. The number of allylic oxidation sites excluding steroid dienone is 2. The molecule has 0 aromatic heterocycles. The van der Waals surface area contributed by atoms with Crippen LogP contribution in [0.3, 0.4) is 0 Å². The van der Waals surface area contributed by atoms with Gasteiger partial charge < -0.3 is 4.43 Å². The van der Waals surface area contributed by atoms with Crippen molar-refractivity contribution in [2.45, 2.75) is 125 Å². The molecule has 0 unspecified atom stereocenters. The van der Waals surface area contributed by atoms with E-state index in [2.05, 4.69) is 40.7 Å². The van der Waals surface area contributed by atoms with Crippen LogP contribution in [0.4, 0.5) is 0 Å². The third-order valence-corrected chi connectivity index (χ3v) is 13.1. The number of Topliss-reactive ketones (excluding diaryl/α,β-unsaturated/α-hetero) is 1. The quantitative estimate of drug-likeness (QED) is 0.265. The molecule has 0 heterocycles. The van der Waals surface area contributed by atoms with Gasteiger partial charge in [-0.05, 0) is 67.5 Å². The minimum absolute atomic E-state index is 0.199. The van der Waals surface area contributed by atoms with Crippen LogP contribution in [0.1, 0.15) is 100 Å². The van der Waals surface area contributed by atoms with E-state index in [1.807, 2.05) is 20.8 Å². The molecule has 29 heavy (non-hydrogen) atoms. The van der Waals surface area contributed by atoms with Crippen molar-refractivity contribution in [3.8, 4) is 0 Å². The molecule has 0 bridgehead atoms. The van der Waals surface area contributed by atoms with Gasteiger partial charge in [0.05, 0.1) is 0 Å². The van der Waals surface area contributed by atoms with Gasteiger partial charge in [-0.3, -0.25) is 4.79 Å². The Morgan fingerprint density at radius 3 is 2.41 bits per heavy atom. The van der Waals surface area contributed by atoms with E-state index in [9.17, 15) is 4.79 Å². The van der Waals surface area contributed by atoms with Crippen LogP contribution in [0.25, 0.3) is 0 Å². The molecule has 2 nitrogen and oxygen atoms in total. The molecule has 168 valence electrons. The molecule has 2 aliphatic rings. The number of carbonyl (C=O) groups is 1. The van der Waals surface area contributed by atoms with Gasteiger partial charge in [0.15, 0.2) is 8.32 Å². The van der Waals surface area contributed by atoms with Crippen LogP contribution in [0.15, 0.2) is 11.6 Å². The van der Waals surface area contributed by atoms with Crippen LogP contribution < -0.4 is 0 Å². The molecule has 0 amide bonds. The second kappa shape index (κ2) is 9.81. The third kappa shape index (κ3) is 5.45. The molecule has 1 saturated carbocycles. The van der Waals surface area contributed by atoms with Crippen LogP contribution in [-0.2, 0) is 9.22 Å². The maximum Gasteiger partial charge on any atom is 0.192 e. The molecule has 0 aromatic carbocycles. The standard InChI is InChI=1S/C26H48O2Si/c1-9-29(10-2,11-3)28-23-15-13-19-26(8)21(17-18-22(23)26)20(4)14-12-16-24(27)25(5,6)7/h17,20,22-23H,9-16,18-19H2,1-8H3/t20-,22+,23+,26-/m1/s1. The molecular weight excluding hydrogens is 372 g/mol. The van der Waals surface area contributed by atoms with Crippen molar-refractivity contribution >= 4 is 14.1 Å². The number of fused-ring (bicyclic) bond motifs is 1. The molecule has 0 aliphatic heterocycles. The van der Waals surface area contributed by atoms with E-state index in [1.165, 1.54) is 43.8 Å². The lowest BCUT2D eigenvalue weighted by atomic mass is 9.63. The fourth-order valence-corrected chi connectivity index (χ4v) is 8.97. The number of hydrogen-bond donors (Lipinski definition) is 0. The summed E-state index contributed by atoms with van der Waals surface area (Å²) in [6.45, 7) is 18.1. The van der Waals surface area contributed by atoms with Crippen LogP contribution >= 0.6 is 0 Å². The first-order valence-corrected chi connectivity index (χ1v) is 15.0. The minimum Gasteiger partial charge on any atom is -0.414 e. The Morgan fingerprint density at radius 2 is 1.86 bits per heavy atom. The molecule has 4 atom stereocenters. The van der Waals surface area contributed by atoms with Crippen molar-refractivity contribution in [3.63, 3.8) is 0 Å². The molecule has 1 fully saturated rings. The monoisotopic (exact) mass is 420 g/mol. The van der Waals surface area contributed by atoms with E-state index in [1.54, 1.807) is 5.57 Å². The van der Waals surface area contributed by atoms with E-state index in [4.69, 9.17) is 4.43 Å². The Balaban J connectivity index is 2.02. The Bertz CT molecular complexity index is 576. The minimum atomic E-state index is -1.56. The zero-order chi connectivity index (χ0) is 21.9. The maximum atomic E-state index is 12.3. The average molecular weight is 421 g/mol. The van der Waals surface area contributed by atoms with E-state index >= 15 is 0 Å². The molecule has 2 aliphatic carbocycles. The van der Waals surface area contributed by atoms with Gasteiger partial charge in [0.1, 0.15) is 5.78 Å². The largest absolute Gasteiger partial charge is 0.414 e. The predicted octanol–water partition coefficient (Wildman–Crippen LogP) is 7.93. The first-order valence-electron chi connectivity index (χ1n) is 12.4. The first kappa shape index (κ1) is 24.9. The molecule has 0 saturated heterocycles. The van der Waals surface area contributed by atoms with E-state index in [-0.39, 0.29) is 5.41 Å². The van der Waals surface area contributed by atoms with Gasteiger partial charge >= 0.3 is 0 Å². The van der Waals surface area contributed by atoms with Gasteiger partial charge in [0.2, 0.25) is 0 Å². The summed E-state index contributed by atoms with van der Waals surface area (Å²) in [7, 11) is -1.56. The SMILES string of the molecule is CC[Si](CC)(CC)O[C@H]1CCC[C@]2(C)C([C@H](C)CCCC(=O)C(C)(C)C)=CC[C@@H]12. The highest BCUT2D eigenvalue weighted by Gasteiger charge is 2.50. The van der Waals surface area contributed by atoms with Gasteiger partial charge in [0, 0.05) is 17.9 Å². The highest BCUT2D eigenvalue weighted by atomic mass is 28.4. The first-order chi connectivity index (χ1) is 13.5. The molecule has 0 N–H and O–H groups in total. The number of carbonyl (C=O) groups excluding carboxylic acids is 1. The smallest absolute Gasteiger partial charge is 0.192 e. The third-order valence-electron chi connectivity index (χ3n) is 8.45. The molecule has 0 aromatic rings. The van der Waals surface area contributed by atoms with Crippen molar-refractivity contribution in [2.24, 2.45) is 22.7 Å². The number of ketones is 1. The van der Waals surface area contributed by atoms with Crippen molar-refractivity contribution < 1.29 is 9.22 Å². The lowest BCUT2D eigenvalue weighted by Crippen LogP contribution is -2.48. The van der Waals surface area contributed by atoms with Crippen LogP contribution in [0.5, 0.6) is 0 Å². The Hall–Kier alpha value is -0.413. The summed E-state index contributed by atoms with van der Waals surface area (Å²) in [5.41, 5.74) is 1.79. The van der Waals surface area contributed by atoms with Gasteiger partial charge in [-0.1, -0.05) is 73.5 Å². The average Bonchev–Trinajstić information content (AvgIpc) is 3.03. The second-order valence-electron chi connectivity index (χ2n) is 11.2. The highest BCUT2D eigenvalue weighted by Crippen LogP contribution is 2.56. The topological polar surface area (TPSA) is 26.3 Å². The van der Waals surface area contributed by atoms with Gasteiger partial charge in [-0.15, -0.1) is 0 Å². The van der Waals surface area contributed by atoms with E-state index in [0.717, 1.165) is 19.3 Å². The predicted molar refractivity (Wildman–Crippen MR) is 128 cm³/mol. The maximum absolute atomic E-state index is 12.3. The van der Waals surface area contributed by atoms with Crippen molar-refractivity contribution in [1.82, 2.24) is 0 Å².